The third kappa shape index (κ3) is 7.08. The third-order valence-corrected chi connectivity index (χ3v) is 8.68. The van der Waals surface area contributed by atoms with Gasteiger partial charge in [-0.2, -0.15) is 10.2 Å². The molecular formula is C28H30ClN6P. The zero-order valence-electron chi connectivity index (χ0n) is 19.8. The number of aliphatic imine (C=N–C) groups is 2. The highest BCUT2D eigenvalue weighted by Crippen LogP contribution is 2.47. The zero-order chi connectivity index (χ0) is 24.3. The fourth-order valence-electron chi connectivity index (χ4n) is 3.67. The average Bonchev–Trinajstić information content (AvgIpc) is 2.92. The predicted molar refractivity (Wildman–Crippen MR) is 149 cm³/mol. The molecule has 6 N–H and O–H groups in total. The summed E-state index contributed by atoms with van der Waals surface area (Å²) in [5, 5.41) is 9.12. The molecule has 6 nitrogen and oxygen atoms in total. The van der Waals surface area contributed by atoms with Crippen LogP contribution >= 0.6 is 7.56 Å². The SMILES string of the molecule is NC(=NCc1ccccc1)N[P+](NC(N)=NCc1ccccc1)(c1ccccc1)c1ccccc1.[Cl-]. The molecule has 4 aromatic rings. The quantitative estimate of drug-likeness (QED) is 0.157. The fourth-order valence-corrected chi connectivity index (χ4v) is 6.61. The minimum absolute atomic E-state index is 0. The summed E-state index contributed by atoms with van der Waals surface area (Å²) in [4.78, 5) is 9.24. The summed E-state index contributed by atoms with van der Waals surface area (Å²) in [6.45, 7) is 0.946. The first-order valence-electron chi connectivity index (χ1n) is 11.4. The third-order valence-electron chi connectivity index (χ3n) is 5.40. The Bertz CT molecular complexity index is 1150. The predicted octanol–water partition coefficient (Wildman–Crippen LogP) is 0.698. The second-order valence-electron chi connectivity index (χ2n) is 7.94. The molecule has 0 atom stereocenters. The van der Waals surface area contributed by atoms with Crippen LogP contribution in [0.1, 0.15) is 11.1 Å². The molecule has 0 spiro atoms. The van der Waals surface area contributed by atoms with E-state index in [0.29, 0.717) is 25.0 Å². The highest BCUT2D eigenvalue weighted by Gasteiger charge is 2.45. The second kappa shape index (κ2) is 13.3. The maximum Gasteiger partial charge on any atom is 0.263 e. The molecule has 0 aliphatic heterocycles. The lowest BCUT2D eigenvalue weighted by Crippen LogP contribution is -3.00. The Labute approximate surface area is 219 Å². The van der Waals surface area contributed by atoms with Crippen LogP contribution in [-0.2, 0) is 13.1 Å². The van der Waals surface area contributed by atoms with Gasteiger partial charge in [0.2, 0.25) is 11.9 Å². The van der Waals surface area contributed by atoms with Crippen molar-refractivity contribution >= 4 is 30.1 Å². The Morgan fingerprint density at radius 1 is 0.528 bits per heavy atom. The molecule has 36 heavy (non-hydrogen) atoms. The average molecular weight is 517 g/mol. The molecule has 0 saturated heterocycles. The van der Waals surface area contributed by atoms with Gasteiger partial charge in [0.25, 0.3) is 7.56 Å². The number of hydrogen-bond donors (Lipinski definition) is 4. The Balaban J connectivity index is 0.00000361. The van der Waals surface area contributed by atoms with E-state index in [4.69, 9.17) is 11.5 Å². The summed E-state index contributed by atoms with van der Waals surface area (Å²) in [6.07, 6.45) is 0. The van der Waals surface area contributed by atoms with Gasteiger partial charge < -0.3 is 23.9 Å². The van der Waals surface area contributed by atoms with Gasteiger partial charge in [-0.3, -0.25) is 0 Å². The highest BCUT2D eigenvalue weighted by atomic mass is 35.5. The van der Waals surface area contributed by atoms with Crippen LogP contribution in [0.3, 0.4) is 0 Å². The van der Waals surface area contributed by atoms with Crippen LogP contribution in [0.5, 0.6) is 0 Å². The molecule has 4 aromatic carbocycles. The van der Waals surface area contributed by atoms with Crippen molar-refractivity contribution in [1.29, 1.82) is 0 Å². The molecule has 0 bridgehead atoms. The number of nitrogens with two attached hydrogens (primary N) is 2. The van der Waals surface area contributed by atoms with Gasteiger partial charge in [-0.15, -0.1) is 0 Å². The molecular weight excluding hydrogens is 487 g/mol. The molecule has 0 unspecified atom stereocenters. The van der Waals surface area contributed by atoms with Gasteiger partial charge in [0.1, 0.15) is 10.6 Å². The number of rotatable bonds is 8. The minimum Gasteiger partial charge on any atom is -1.00 e. The zero-order valence-corrected chi connectivity index (χ0v) is 21.5. The fraction of sp³-hybridized carbons (Fsp3) is 0.0714. The van der Waals surface area contributed by atoms with Gasteiger partial charge in [0.15, 0.2) is 0 Å². The molecule has 0 saturated carbocycles. The van der Waals surface area contributed by atoms with E-state index in [9.17, 15) is 0 Å². The van der Waals surface area contributed by atoms with Crippen LogP contribution < -0.4 is 44.7 Å². The largest absolute Gasteiger partial charge is 1.00 e. The van der Waals surface area contributed by atoms with Crippen molar-refractivity contribution in [3.05, 3.63) is 132 Å². The summed E-state index contributed by atoms with van der Waals surface area (Å²) < 4.78 is 0. The van der Waals surface area contributed by atoms with Crippen LogP contribution in [0.15, 0.2) is 131 Å². The first-order chi connectivity index (χ1) is 17.2. The van der Waals surface area contributed by atoms with E-state index in [2.05, 4.69) is 44.4 Å². The molecule has 0 aliphatic rings. The van der Waals surface area contributed by atoms with Crippen LogP contribution in [0.25, 0.3) is 0 Å². The highest BCUT2D eigenvalue weighted by molar-refractivity contribution is 7.87. The molecule has 0 aliphatic carbocycles. The van der Waals surface area contributed by atoms with Crippen molar-refractivity contribution in [1.82, 2.24) is 10.2 Å². The van der Waals surface area contributed by atoms with Crippen molar-refractivity contribution in [3.63, 3.8) is 0 Å². The Morgan fingerprint density at radius 3 is 1.17 bits per heavy atom. The van der Waals surface area contributed by atoms with E-state index in [-0.39, 0.29) is 12.4 Å². The summed E-state index contributed by atoms with van der Waals surface area (Å²) in [5.41, 5.74) is 15.1. The number of nitrogens with zero attached hydrogens (tertiary/aromatic N) is 2. The van der Waals surface area contributed by atoms with Gasteiger partial charge in [-0.05, 0) is 35.4 Å². The van der Waals surface area contributed by atoms with Gasteiger partial charge in [0.05, 0.1) is 13.1 Å². The van der Waals surface area contributed by atoms with Crippen LogP contribution in [0, 0.1) is 0 Å². The van der Waals surface area contributed by atoms with Crippen molar-refractivity contribution < 1.29 is 12.4 Å². The Kier molecular flexibility index (Phi) is 9.87. The van der Waals surface area contributed by atoms with Crippen LogP contribution in [0.4, 0.5) is 0 Å². The maximum absolute atomic E-state index is 6.47. The first kappa shape index (κ1) is 26.7. The van der Waals surface area contributed by atoms with Crippen LogP contribution in [-0.4, -0.2) is 11.9 Å². The van der Waals surface area contributed by atoms with Gasteiger partial charge in [0, 0.05) is 0 Å². The molecule has 0 amide bonds. The van der Waals surface area contributed by atoms with Crippen molar-refractivity contribution in [3.8, 4) is 0 Å². The number of halogens is 1. The van der Waals surface area contributed by atoms with E-state index in [1.165, 1.54) is 0 Å². The van der Waals surface area contributed by atoms with Crippen molar-refractivity contribution in [2.45, 2.75) is 13.1 Å². The summed E-state index contributed by atoms with van der Waals surface area (Å²) >= 11 is 0. The monoisotopic (exact) mass is 516 g/mol. The van der Waals surface area contributed by atoms with Crippen molar-refractivity contribution in [2.75, 3.05) is 0 Å². The lowest BCUT2D eigenvalue weighted by molar-refractivity contribution is -0.00000754. The summed E-state index contributed by atoms with van der Waals surface area (Å²) in [6, 6.07) is 40.3. The molecule has 4 rings (SSSR count). The van der Waals surface area contributed by atoms with Gasteiger partial charge in [-0.25, -0.2) is 9.98 Å². The standard InChI is InChI=1S/C28H30N6P.ClH/c29-27(31-21-23-13-5-1-6-14-23)33-35(25-17-9-3-10-18-25,26-19-11-4-12-20-26)34-28(30)32-22-24-15-7-2-8-16-24;/h1-20H,21-22H2,(H3,29,31,33)(H3,30,32,34);1H/q+1;/p-1. The molecule has 0 fully saturated rings. The minimum atomic E-state index is -2.57. The van der Waals surface area contributed by atoms with Crippen LogP contribution in [0.2, 0.25) is 0 Å². The van der Waals surface area contributed by atoms with E-state index in [0.717, 1.165) is 21.7 Å². The number of benzene rings is 4. The molecule has 184 valence electrons. The van der Waals surface area contributed by atoms with E-state index < -0.39 is 7.56 Å². The number of hydrogen-bond acceptors (Lipinski definition) is 2. The normalized spacial score (nSPS) is 11.9. The lowest BCUT2D eigenvalue weighted by Gasteiger charge is -2.28. The second-order valence-corrected chi connectivity index (χ2v) is 10.8. The van der Waals surface area contributed by atoms with E-state index in [1.54, 1.807) is 0 Å². The van der Waals surface area contributed by atoms with E-state index >= 15 is 0 Å². The smallest absolute Gasteiger partial charge is 0.263 e. The molecule has 0 heterocycles. The molecule has 0 aromatic heterocycles. The topological polar surface area (TPSA) is 101 Å². The lowest BCUT2D eigenvalue weighted by atomic mass is 10.2. The Morgan fingerprint density at radius 2 is 0.833 bits per heavy atom. The maximum atomic E-state index is 6.47. The first-order valence-corrected chi connectivity index (χ1v) is 13.2. The molecule has 0 radical (unpaired) electrons. The van der Waals surface area contributed by atoms with Crippen molar-refractivity contribution in [2.24, 2.45) is 21.5 Å². The summed E-state index contributed by atoms with van der Waals surface area (Å²) in [7, 11) is -2.57. The summed E-state index contributed by atoms with van der Waals surface area (Å²) in [5.74, 6) is 0.663. The van der Waals surface area contributed by atoms with Gasteiger partial charge in [-0.1, -0.05) is 97.1 Å². The Hall–Kier alpha value is -3.86. The number of nitrogens with one attached hydrogen (secondary N) is 2. The van der Waals surface area contributed by atoms with Gasteiger partial charge >= 0.3 is 0 Å². The van der Waals surface area contributed by atoms with E-state index in [1.807, 2.05) is 97.1 Å². The number of guanidine groups is 2. The molecule has 8 heteroatoms.